The fourth-order valence-corrected chi connectivity index (χ4v) is 12.0. The molecule has 0 saturated heterocycles. The highest BCUT2D eigenvalue weighted by atomic mass is 32.2. The maximum absolute atomic E-state index is 14.2. The van der Waals surface area contributed by atoms with Crippen molar-refractivity contribution in [3.8, 4) is 17.2 Å². The quantitative estimate of drug-likeness (QED) is 0.0292. The van der Waals surface area contributed by atoms with Crippen molar-refractivity contribution < 1.29 is 134 Å². The van der Waals surface area contributed by atoms with Gasteiger partial charge in [0, 0.05) is 19.8 Å². The molecule has 7 rings (SSSR count). The first kappa shape index (κ1) is 75.6. The van der Waals surface area contributed by atoms with Gasteiger partial charge in [0.25, 0.3) is 0 Å². The predicted molar refractivity (Wildman–Crippen MR) is 298 cm³/mol. The molecule has 0 fully saturated rings. The van der Waals surface area contributed by atoms with Crippen LogP contribution in [0, 0.1) is 0 Å². The van der Waals surface area contributed by atoms with Gasteiger partial charge in [-0.25, -0.2) is 0 Å². The second kappa shape index (κ2) is 30.1. The molecule has 0 unspecified atom stereocenters. The van der Waals surface area contributed by atoms with E-state index in [1.54, 1.807) is 0 Å². The minimum absolute atomic E-state index is 0.473. The topological polar surface area (TPSA) is 55.4 Å². The van der Waals surface area contributed by atoms with Crippen LogP contribution in [0.25, 0.3) is 0 Å². The third-order valence-electron chi connectivity index (χ3n) is 13.7. The predicted octanol–water partition coefficient (Wildman–Crippen LogP) is 17.2. The van der Waals surface area contributed by atoms with Crippen molar-refractivity contribution in [1.82, 2.24) is 0 Å². The fraction of sp³-hybridized carbons (Fsp3) is 0.323. The Morgan fingerprint density at radius 1 is 0.266 bits per heavy atom. The van der Waals surface area contributed by atoms with Crippen molar-refractivity contribution >= 4 is 38.9 Å². The van der Waals surface area contributed by atoms with Gasteiger partial charge in [-0.1, -0.05) is 84.9 Å². The van der Waals surface area contributed by atoms with Crippen molar-refractivity contribution in [2.24, 2.45) is 0 Å². The molecule has 0 N–H and O–H groups in total. The smallest absolute Gasteiger partial charge is 0.416 e. The summed E-state index contributed by atoms with van der Waals surface area (Å²) in [5.41, 5.74) is -30.2. The van der Waals surface area contributed by atoms with Crippen LogP contribution in [0.15, 0.2) is 160 Å². The highest BCUT2D eigenvalue weighted by Crippen LogP contribution is 2.45. The lowest BCUT2D eigenvalue weighted by Crippen LogP contribution is -2.75. The van der Waals surface area contributed by atoms with E-state index >= 15 is 0 Å². The summed E-state index contributed by atoms with van der Waals surface area (Å²) >= 11 is 0. The molecule has 0 atom stereocenters. The highest BCUT2D eigenvalue weighted by Gasteiger charge is 2.48. The molecule has 94 heavy (non-hydrogen) atoms. The zero-order valence-corrected chi connectivity index (χ0v) is 49.5. The molecule has 0 amide bonds. The Morgan fingerprint density at radius 3 is 0.617 bits per heavy atom. The number of para-hydroxylation sites is 3. The number of rotatable bonds is 22. The van der Waals surface area contributed by atoms with Crippen LogP contribution in [0.2, 0.25) is 0 Å². The van der Waals surface area contributed by atoms with Crippen LogP contribution in [0.5, 0.6) is 17.2 Å². The lowest BCUT2D eigenvalue weighted by Gasteiger charge is -2.46. The molecular weight excluding hydrogens is 1340 g/mol. The van der Waals surface area contributed by atoms with Gasteiger partial charge in [0.1, 0.15) is 36.9 Å². The van der Waals surface area contributed by atoms with E-state index in [1.165, 1.54) is 0 Å². The molecule has 0 aromatic heterocycles. The number of hydrogen-bond donors (Lipinski definition) is 0. The molecule has 0 aliphatic heterocycles. The Bertz CT molecular complexity index is 3080. The van der Waals surface area contributed by atoms with Crippen LogP contribution >= 0.6 is 0 Å². The van der Waals surface area contributed by atoms with Gasteiger partial charge in [-0.05, 0) is 81.4 Å². The van der Waals surface area contributed by atoms with Crippen LogP contribution < -0.4 is 36.1 Å². The summed E-state index contributed by atoms with van der Waals surface area (Å²) in [4.78, 5) is 3.17. The lowest BCUT2D eigenvalue weighted by atomic mass is 9.12. The standard InChI is InChI=1S/C32H12BF24.C30H39O6S/c34-25(35,36)13-1-14(26(37,38)39)6-21(5-13)33(22-7-15(27(40,41)42)2-16(8-22)28(43,44)45,23-9-17(29(46,47)48)3-18(10-23)30(49,50)51)24-11-19(31(52,53)54)4-20(12-24)32(55,56)57;1-4-31-19-22-34-25-13-7-10-16-28(25)37(29-17-11-8-14-26(29)35-23-20-32-5-2)30-18-12-9-15-27(30)36-24-21-33-6-3/h1-12H;7-18H,4-6,19-24H2,1-3H3/q-1;+1. The van der Waals surface area contributed by atoms with Gasteiger partial charge in [0.15, 0.2) is 17.2 Å². The first-order chi connectivity index (χ1) is 43.6. The molecule has 0 aliphatic rings. The second-order valence-corrected chi connectivity index (χ2v) is 21.9. The Labute approximate surface area is 522 Å². The third kappa shape index (κ3) is 19.2. The minimum Gasteiger partial charge on any atom is -0.486 e. The van der Waals surface area contributed by atoms with Gasteiger partial charge in [0.2, 0.25) is 14.7 Å². The monoisotopic (exact) mass is 1390 g/mol. The van der Waals surface area contributed by atoms with E-state index in [-0.39, 0.29) is 0 Å². The first-order valence-corrected chi connectivity index (χ1v) is 28.8. The van der Waals surface area contributed by atoms with Crippen molar-refractivity contribution in [1.29, 1.82) is 0 Å². The van der Waals surface area contributed by atoms with Crippen molar-refractivity contribution in [2.75, 3.05) is 59.5 Å². The SMILES string of the molecule is CCOCCOc1ccccc1[S+](c1ccccc1OCCOCC)c1ccccc1OCCOCC.FC(F)(F)c1cc([B-](c2cc(C(F)(F)F)cc(C(F)(F)F)c2)(c2cc(C(F)(F)F)cc(C(F)(F)F)c2)c2cc(C(F)(F)F)cc(C(F)(F)F)c2)cc(C(F)(F)F)c1. The van der Waals surface area contributed by atoms with Crippen LogP contribution in [0.3, 0.4) is 0 Å². The number of hydrogen-bond acceptors (Lipinski definition) is 6. The number of halogens is 24. The summed E-state index contributed by atoms with van der Waals surface area (Å²) in [5.74, 6) is 2.45. The minimum atomic E-state index is -6.13. The number of alkyl halides is 24. The first-order valence-electron chi connectivity index (χ1n) is 27.5. The Balaban J connectivity index is 0.000000326. The largest absolute Gasteiger partial charge is 0.486 e. The van der Waals surface area contributed by atoms with Crippen LogP contribution in [0.4, 0.5) is 105 Å². The van der Waals surface area contributed by atoms with Crippen molar-refractivity contribution in [3.05, 3.63) is 190 Å². The van der Waals surface area contributed by atoms with Crippen LogP contribution in [-0.2, 0) is 74.5 Å². The van der Waals surface area contributed by atoms with Gasteiger partial charge >= 0.3 is 49.4 Å². The van der Waals surface area contributed by atoms with E-state index in [2.05, 4.69) is 18.2 Å². The van der Waals surface area contributed by atoms with E-state index in [0.717, 1.165) is 31.9 Å². The van der Waals surface area contributed by atoms with Gasteiger partial charge in [-0.3, -0.25) is 0 Å². The second-order valence-electron chi connectivity index (χ2n) is 20.0. The molecule has 7 aromatic carbocycles. The molecule has 0 heterocycles. The van der Waals surface area contributed by atoms with Gasteiger partial charge in [0.05, 0.1) is 64.3 Å². The summed E-state index contributed by atoms with van der Waals surface area (Å²) in [7, 11) is -0.568. The van der Waals surface area contributed by atoms with E-state index in [4.69, 9.17) is 28.4 Å². The van der Waals surface area contributed by atoms with E-state index in [0.29, 0.717) is 59.5 Å². The fourth-order valence-electron chi connectivity index (χ4n) is 9.70. The van der Waals surface area contributed by atoms with Crippen LogP contribution in [0.1, 0.15) is 65.3 Å². The van der Waals surface area contributed by atoms with Gasteiger partial charge < -0.3 is 28.4 Å². The molecule has 0 spiro atoms. The third-order valence-corrected chi connectivity index (χ3v) is 16.0. The zero-order chi connectivity index (χ0) is 70.0. The summed E-state index contributed by atoms with van der Waals surface area (Å²) < 4.78 is 376. The van der Waals surface area contributed by atoms with Crippen LogP contribution in [-0.4, -0.2) is 65.6 Å². The molecule has 0 bridgehead atoms. The average molecular weight is 1390 g/mol. The highest BCUT2D eigenvalue weighted by molar-refractivity contribution is 7.97. The summed E-state index contributed by atoms with van der Waals surface area (Å²) in [6.45, 7) is 11.0. The van der Waals surface area contributed by atoms with E-state index in [9.17, 15) is 105 Å². The van der Waals surface area contributed by atoms with Crippen molar-refractivity contribution in [3.63, 3.8) is 0 Å². The molecule has 0 radical (unpaired) electrons. The molecule has 512 valence electrons. The molecule has 7 aromatic rings. The summed E-state index contributed by atoms with van der Waals surface area (Å²) in [6, 6.07) is 15.7. The Kier molecular flexibility index (Phi) is 24.2. The van der Waals surface area contributed by atoms with Gasteiger partial charge in [-0.15, -0.1) is 0 Å². The molecule has 6 nitrogen and oxygen atoms in total. The number of ether oxygens (including phenoxy) is 6. The maximum Gasteiger partial charge on any atom is 0.416 e. The number of benzene rings is 7. The molecule has 0 aliphatic carbocycles. The lowest BCUT2D eigenvalue weighted by molar-refractivity contribution is -0.144. The summed E-state index contributed by atoms with van der Waals surface area (Å²) in [5, 5.41) is 0. The summed E-state index contributed by atoms with van der Waals surface area (Å²) in [6.07, 6.45) is -54.8. The molecule has 0 saturated carbocycles. The normalized spacial score (nSPS) is 13.0. The Morgan fingerprint density at radius 2 is 0.447 bits per heavy atom. The zero-order valence-electron chi connectivity index (χ0n) is 48.7. The Hall–Kier alpha value is -7.45. The average Bonchev–Trinajstić information content (AvgIpc) is 0.709. The van der Waals surface area contributed by atoms with Crippen molar-refractivity contribution in [2.45, 2.75) is 84.9 Å². The molecular formula is C62H51BF24O6S. The molecule has 32 heteroatoms. The van der Waals surface area contributed by atoms with E-state index < -0.39 is 206 Å². The van der Waals surface area contributed by atoms with Gasteiger partial charge in [-0.2, -0.15) is 127 Å². The maximum atomic E-state index is 14.2. The van der Waals surface area contributed by atoms with E-state index in [1.807, 2.05) is 75.4 Å².